The van der Waals surface area contributed by atoms with Gasteiger partial charge in [0.2, 0.25) is 11.8 Å². The van der Waals surface area contributed by atoms with E-state index in [2.05, 4.69) is 10.6 Å². The van der Waals surface area contributed by atoms with E-state index in [-0.39, 0.29) is 49.6 Å². The molecule has 2 fully saturated rings. The van der Waals surface area contributed by atoms with Crippen molar-refractivity contribution in [1.82, 2.24) is 10.6 Å². The van der Waals surface area contributed by atoms with Crippen LogP contribution in [-0.4, -0.2) is 46.3 Å². The normalized spacial score (nSPS) is 23.0. The molecule has 6 heteroatoms. The van der Waals surface area contributed by atoms with Crippen molar-refractivity contribution in [3.8, 4) is 0 Å². The van der Waals surface area contributed by atoms with Crippen LogP contribution in [-0.2, 0) is 9.59 Å². The van der Waals surface area contributed by atoms with E-state index in [4.69, 9.17) is 0 Å². The zero-order chi connectivity index (χ0) is 21.3. The Kier molecular flexibility index (Phi) is 9.41. The minimum Gasteiger partial charge on any atom is -0.388 e. The van der Waals surface area contributed by atoms with Gasteiger partial charge in [0.15, 0.2) is 0 Å². The number of nitrogens with one attached hydrogen (secondary N) is 2. The molecule has 168 valence electrons. The number of carbonyl (C=O) groups is 2. The third-order valence-corrected chi connectivity index (χ3v) is 7.06. The summed E-state index contributed by atoms with van der Waals surface area (Å²) in [6.07, 6.45) is 12.2. The molecule has 0 heterocycles. The van der Waals surface area contributed by atoms with E-state index in [1.54, 1.807) is 0 Å². The molecule has 2 saturated carbocycles. The van der Waals surface area contributed by atoms with Gasteiger partial charge in [-0.15, -0.1) is 0 Å². The third-order valence-electron chi connectivity index (χ3n) is 7.06. The van der Waals surface area contributed by atoms with Gasteiger partial charge in [-0.2, -0.15) is 0 Å². The molecule has 0 bridgehead atoms. The average molecular weight is 411 g/mol. The molecule has 2 aliphatic carbocycles. The zero-order valence-electron chi connectivity index (χ0n) is 18.5. The van der Waals surface area contributed by atoms with E-state index in [1.807, 2.05) is 13.8 Å². The van der Waals surface area contributed by atoms with Crippen LogP contribution in [0.15, 0.2) is 0 Å². The van der Waals surface area contributed by atoms with Gasteiger partial charge >= 0.3 is 0 Å². The summed E-state index contributed by atoms with van der Waals surface area (Å²) in [6.45, 7) is 4.17. The molecule has 2 rings (SSSR count). The summed E-state index contributed by atoms with van der Waals surface area (Å²) < 4.78 is 0. The topological polar surface area (TPSA) is 98.7 Å². The van der Waals surface area contributed by atoms with Crippen molar-refractivity contribution in [2.75, 3.05) is 13.1 Å². The molecular formula is C23H42N2O4. The maximum absolute atomic E-state index is 12.1. The van der Waals surface area contributed by atoms with Crippen molar-refractivity contribution in [2.45, 2.75) is 109 Å². The molecule has 0 spiro atoms. The maximum Gasteiger partial charge on any atom is 0.220 e. The molecule has 0 aromatic heterocycles. The molecule has 0 aromatic rings. The van der Waals surface area contributed by atoms with Gasteiger partial charge in [-0.3, -0.25) is 9.59 Å². The lowest BCUT2D eigenvalue weighted by Gasteiger charge is -2.35. The van der Waals surface area contributed by atoms with Crippen LogP contribution < -0.4 is 10.6 Å². The van der Waals surface area contributed by atoms with Gasteiger partial charge in [0.1, 0.15) is 0 Å². The van der Waals surface area contributed by atoms with E-state index in [1.165, 1.54) is 12.8 Å². The SMILES string of the molecule is CC(O)(CNC(=O)CCCC(=O)NCC(C)(O)C1CCCCC1)C1CCCCC1. The Bertz CT molecular complexity index is 475. The summed E-state index contributed by atoms with van der Waals surface area (Å²) in [5.41, 5.74) is -1.73. The Balaban J connectivity index is 1.59. The highest BCUT2D eigenvalue weighted by Gasteiger charge is 2.34. The first-order valence-electron chi connectivity index (χ1n) is 11.7. The predicted octanol–water partition coefficient (Wildman–Crippen LogP) is 3.05. The van der Waals surface area contributed by atoms with E-state index in [0.717, 1.165) is 51.4 Å². The smallest absolute Gasteiger partial charge is 0.220 e. The summed E-state index contributed by atoms with van der Waals surface area (Å²) in [7, 11) is 0. The largest absolute Gasteiger partial charge is 0.388 e. The predicted molar refractivity (Wildman–Crippen MR) is 114 cm³/mol. The summed E-state index contributed by atoms with van der Waals surface area (Å²) in [5, 5.41) is 27.0. The standard InChI is InChI=1S/C23H42N2O4/c1-22(28,18-10-5-3-6-11-18)16-24-20(26)14-9-15-21(27)25-17-23(2,29)19-12-7-4-8-13-19/h18-19,28-29H,3-17H2,1-2H3,(H,24,26)(H,25,27). The first-order valence-corrected chi connectivity index (χ1v) is 11.7. The molecule has 0 aromatic carbocycles. The first kappa shape index (κ1) is 24.1. The Hall–Kier alpha value is -1.14. The molecule has 4 N–H and O–H groups in total. The first-order chi connectivity index (χ1) is 13.7. The van der Waals surface area contributed by atoms with Crippen LogP contribution in [0.3, 0.4) is 0 Å². The Morgan fingerprint density at radius 2 is 1.07 bits per heavy atom. The second kappa shape index (κ2) is 11.3. The number of aliphatic hydroxyl groups is 2. The lowest BCUT2D eigenvalue weighted by atomic mass is 9.78. The fourth-order valence-electron chi connectivity index (χ4n) is 4.88. The molecular weight excluding hydrogens is 368 g/mol. The van der Waals surface area contributed by atoms with Gasteiger partial charge in [0, 0.05) is 25.9 Å². The van der Waals surface area contributed by atoms with Gasteiger partial charge in [0.25, 0.3) is 0 Å². The van der Waals surface area contributed by atoms with Gasteiger partial charge < -0.3 is 20.8 Å². The zero-order valence-corrected chi connectivity index (χ0v) is 18.5. The highest BCUT2D eigenvalue weighted by molar-refractivity contribution is 5.78. The molecule has 29 heavy (non-hydrogen) atoms. The van der Waals surface area contributed by atoms with Crippen molar-refractivity contribution >= 4 is 11.8 Å². The van der Waals surface area contributed by atoms with E-state index < -0.39 is 11.2 Å². The fourth-order valence-corrected chi connectivity index (χ4v) is 4.88. The van der Waals surface area contributed by atoms with Crippen LogP contribution in [0.25, 0.3) is 0 Å². The van der Waals surface area contributed by atoms with Crippen LogP contribution in [0.4, 0.5) is 0 Å². The van der Waals surface area contributed by atoms with Gasteiger partial charge in [0.05, 0.1) is 11.2 Å². The Labute approximate surface area is 176 Å². The quantitative estimate of drug-likeness (QED) is 0.445. The summed E-state index contributed by atoms with van der Waals surface area (Å²) in [5.74, 6) is 0.254. The second-order valence-electron chi connectivity index (χ2n) is 9.79. The number of hydrogen-bond acceptors (Lipinski definition) is 4. The number of hydrogen-bond donors (Lipinski definition) is 4. The van der Waals surface area contributed by atoms with Crippen molar-refractivity contribution in [3.63, 3.8) is 0 Å². The molecule has 2 amide bonds. The highest BCUT2D eigenvalue weighted by atomic mass is 16.3. The Morgan fingerprint density at radius 3 is 1.41 bits per heavy atom. The second-order valence-corrected chi connectivity index (χ2v) is 9.79. The van der Waals surface area contributed by atoms with Crippen LogP contribution in [0, 0.1) is 11.8 Å². The van der Waals surface area contributed by atoms with E-state index >= 15 is 0 Å². The van der Waals surface area contributed by atoms with Gasteiger partial charge in [-0.1, -0.05) is 38.5 Å². The molecule has 0 radical (unpaired) electrons. The lowest BCUT2D eigenvalue weighted by molar-refractivity contribution is -0.124. The molecule has 2 unspecified atom stereocenters. The number of rotatable bonds is 10. The Morgan fingerprint density at radius 1 is 0.724 bits per heavy atom. The molecule has 0 saturated heterocycles. The van der Waals surface area contributed by atoms with Gasteiger partial charge in [-0.25, -0.2) is 0 Å². The molecule has 6 nitrogen and oxygen atoms in total. The van der Waals surface area contributed by atoms with Crippen molar-refractivity contribution in [3.05, 3.63) is 0 Å². The van der Waals surface area contributed by atoms with E-state index in [0.29, 0.717) is 6.42 Å². The van der Waals surface area contributed by atoms with Crippen molar-refractivity contribution in [2.24, 2.45) is 11.8 Å². The fraction of sp³-hybridized carbons (Fsp3) is 0.913. The minimum absolute atomic E-state index is 0.122. The number of carbonyl (C=O) groups excluding carboxylic acids is 2. The summed E-state index contributed by atoms with van der Waals surface area (Å²) in [6, 6.07) is 0. The summed E-state index contributed by atoms with van der Waals surface area (Å²) >= 11 is 0. The lowest BCUT2D eigenvalue weighted by Crippen LogP contribution is -2.47. The monoisotopic (exact) mass is 410 g/mol. The van der Waals surface area contributed by atoms with Crippen LogP contribution >= 0.6 is 0 Å². The minimum atomic E-state index is -0.863. The molecule has 2 aliphatic rings. The van der Waals surface area contributed by atoms with Crippen LogP contribution in [0.2, 0.25) is 0 Å². The number of amides is 2. The highest BCUT2D eigenvalue weighted by Crippen LogP contribution is 2.33. The molecule has 2 atom stereocenters. The van der Waals surface area contributed by atoms with Gasteiger partial charge in [-0.05, 0) is 57.8 Å². The van der Waals surface area contributed by atoms with E-state index in [9.17, 15) is 19.8 Å². The molecule has 0 aliphatic heterocycles. The average Bonchev–Trinajstić information content (AvgIpc) is 2.72. The van der Waals surface area contributed by atoms with Crippen LogP contribution in [0.5, 0.6) is 0 Å². The van der Waals surface area contributed by atoms with Crippen molar-refractivity contribution < 1.29 is 19.8 Å². The summed E-state index contributed by atoms with van der Waals surface area (Å²) in [4.78, 5) is 24.2. The van der Waals surface area contributed by atoms with Crippen molar-refractivity contribution in [1.29, 1.82) is 0 Å². The maximum atomic E-state index is 12.1. The van der Waals surface area contributed by atoms with Crippen LogP contribution in [0.1, 0.15) is 97.3 Å². The third kappa shape index (κ3) is 8.25.